The minimum atomic E-state index is -0.173. The Bertz CT molecular complexity index is 856. The predicted molar refractivity (Wildman–Crippen MR) is 121 cm³/mol. The van der Waals surface area contributed by atoms with Crippen LogP contribution in [0.5, 0.6) is 11.5 Å². The van der Waals surface area contributed by atoms with Crippen LogP contribution in [0.3, 0.4) is 0 Å². The molecule has 0 spiro atoms. The van der Waals surface area contributed by atoms with Gasteiger partial charge in [0, 0.05) is 44.5 Å². The second-order valence-electron chi connectivity index (χ2n) is 7.34. The quantitative estimate of drug-likeness (QED) is 0.677. The fourth-order valence-corrected chi connectivity index (χ4v) is 3.53. The van der Waals surface area contributed by atoms with Gasteiger partial charge < -0.3 is 19.7 Å². The predicted octanol–water partition coefficient (Wildman–Crippen LogP) is 3.49. The number of carbonyl (C=O) groups excluding carboxylic acids is 1. The number of nitrogens with zero attached hydrogens (tertiary/aromatic N) is 2. The summed E-state index contributed by atoms with van der Waals surface area (Å²) in [5, 5.41) is 2.91. The molecule has 160 valence electrons. The molecule has 0 saturated carbocycles. The van der Waals surface area contributed by atoms with E-state index in [1.165, 1.54) is 11.6 Å². The van der Waals surface area contributed by atoms with E-state index in [0.717, 1.165) is 50.5 Å². The minimum Gasteiger partial charge on any atom is -0.493 e. The second-order valence-corrected chi connectivity index (χ2v) is 7.34. The normalized spacial score (nSPS) is 15.3. The molecule has 3 rings (SSSR count). The summed E-state index contributed by atoms with van der Waals surface area (Å²) in [4.78, 5) is 17.2. The number of benzene rings is 2. The van der Waals surface area contributed by atoms with E-state index in [0.29, 0.717) is 11.5 Å². The summed E-state index contributed by atoms with van der Waals surface area (Å²) in [5.41, 5.74) is 2.91. The largest absolute Gasteiger partial charge is 0.493 e. The number of amides is 1. The van der Waals surface area contributed by atoms with Gasteiger partial charge in [0.05, 0.1) is 14.2 Å². The summed E-state index contributed by atoms with van der Waals surface area (Å²) in [7, 11) is 3.19. The Morgan fingerprint density at radius 3 is 2.27 bits per heavy atom. The van der Waals surface area contributed by atoms with Crippen LogP contribution in [-0.4, -0.2) is 62.7 Å². The lowest BCUT2D eigenvalue weighted by Gasteiger charge is -2.34. The summed E-state index contributed by atoms with van der Waals surface area (Å²) in [5.74, 6) is 1.12. The number of methoxy groups -OCH3 is 2. The molecule has 6 nitrogen and oxygen atoms in total. The van der Waals surface area contributed by atoms with Crippen molar-refractivity contribution in [3.8, 4) is 11.5 Å². The summed E-state index contributed by atoms with van der Waals surface area (Å²) >= 11 is 0. The van der Waals surface area contributed by atoms with Crippen molar-refractivity contribution in [2.24, 2.45) is 0 Å². The number of carbonyl (C=O) groups is 1. The lowest BCUT2D eigenvalue weighted by atomic mass is 10.1. The molecule has 1 amide bonds. The van der Waals surface area contributed by atoms with Gasteiger partial charge in [-0.05, 0) is 48.0 Å². The Labute approximate surface area is 179 Å². The SMILES string of the molecule is CCN1CCN(Cc2ccc(NC(=O)/C=C/c3ccc(OC)c(OC)c3)cc2)CC1. The molecule has 1 saturated heterocycles. The van der Waals surface area contributed by atoms with E-state index < -0.39 is 0 Å². The summed E-state index contributed by atoms with van der Waals surface area (Å²) in [6.45, 7) is 8.77. The maximum Gasteiger partial charge on any atom is 0.248 e. The molecule has 1 fully saturated rings. The number of hydrogen-bond acceptors (Lipinski definition) is 5. The molecule has 1 aliphatic rings. The molecule has 6 heteroatoms. The highest BCUT2D eigenvalue weighted by atomic mass is 16.5. The van der Waals surface area contributed by atoms with Crippen molar-refractivity contribution in [3.63, 3.8) is 0 Å². The molecule has 2 aromatic rings. The van der Waals surface area contributed by atoms with Crippen molar-refractivity contribution in [1.82, 2.24) is 9.80 Å². The third-order valence-corrected chi connectivity index (χ3v) is 5.37. The van der Waals surface area contributed by atoms with Crippen molar-refractivity contribution < 1.29 is 14.3 Å². The molecule has 2 aromatic carbocycles. The van der Waals surface area contributed by atoms with E-state index in [-0.39, 0.29) is 5.91 Å². The Kier molecular flexibility index (Phi) is 7.88. The zero-order valence-corrected chi connectivity index (χ0v) is 18.1. The first-order valence-corrected chi connectivity index (χ1v) is 10.4. The summed E-state index contributed by atoms with van der Waals surface area (Å²) in [6, 6.07) is 13.6. The van der Waals surface area contributed by atoms with Crippen LogP contribution in [-0.2, 0) is 11.3 Å². The monoisotopic (exact) mass is 409 g/mol. The number of piperazine rings is 1. The van der Waals surface area contributed by atoms with Crippen LogP contribution < -0.4 is 14.8 Å². The number of hydrogen-bond donors (Lipinski definition) is 1. The molecule has 1 aliphatic heterocycles. The topological polar surface area (TPSA) is 54.0 Å². The Balaban J connectivity index is 1.51. The highest BCUT2D eigenvalue weighted by Gasteiger charge is 2.15. The first-order chi connectivity index (χ1) is 14.6. The van der Waals surface area contributed by atoms with E-state index >= 15 is 0 Å². The lowest BCUT2D eigenvalue weighted by Crippen LogP contribution is -2.45. The molecule has 0 atom stereocenters. The van der Waals surface area contributed by atoms with Crippen molar-refractivity contribution in [2.75, 3.05) is 52.3 Å². The van der Waals surface area contributed by atoms with E-state index in [2.05, 4.69) is 34.2 Å². The third kappa shape index (κ3) is 6.08. The fraction of sp³-hybridized carbons (Fsp3) is 0.375. The zero-order valence-electron chi connectivity index (χ0n) is 18.1. The average molecular weight is 410 g/mol. The number of nitrogens with one attached hydrogen (secondary N) is 1. The van der Waals surface area contributed by atoms with Gasteiger partial charge in [-0.15, -0.1) is 0 Å². The smallest absolute Gasteiger partial charge is 0.248 e. The van der Waals surface area contributed by atoms with Gasteiger partial charge in [-0.2, -0.15) is 0 Å². The van der Waals surface area contributed by atoms with Crippen LogP contribution in [0.15, 0.2) is 48.5 Å². The van der Waals surface area contributed by atoms with Crippen molar-refractivity contribution in [1.29, 1.82) is 0 Å². The molecule has 30 heavy (non-hydrogen) atoms. The molecule has 0 aliphatic carbocycles. The van der Waals surface area contributed by atoms with Crippen LogP contribution in [0.4, 0.5) is 5.69 Å². The van der Waals surface area contributed by atoms with Gasteiger partial charge in [0.15, 0.2) is 11.5 Å². The Morgan fingerprint density at radius 1 is 0.967 bits per heavy atom. The minimum absolute atomic E-state index is 0.173. The number of likely N-dealkylation sites (N-methyl/N-ethyl adjacent to an activating group) is 1. The van der Waals surface area contributed by atoms with Crippen molar-refractivity contribution >= 4 is 17.7 Å². The standard InChI is InChI=1S/C24H31N3O3/c1-4-26-13-15-27(16-14-26)18-20-5-9-21(10-6-20)25-24(28)12-8-19-7-11-22(29-2)23(17-19)30-3/h5-12,17H,4,13-16,18H2,1-3H3,(H,25,28)/b12-8+. The Morgan fingerprint density at radius 2 is 1.63 bits per heavy atom. The zero-order chi connectivity index (χ0) is 21.3. The van der Waals surface area contributed by atoms with Gasteiger partial charge in [0.1, 0.15) is 0 Å². The molecule has 0 radical (unpaired) electrons. The maximum atomic E-state index is 12.3. The van der Waals surface area contributed by atoms with E-state index in [4.69, 9.17) is 9.47 Å². The van der Waals surface area contributed by atoms with Gasteiger partial charge in [-0.1, -0.05) is 25.1 Å². The summed E-state index contributed by atoms with van der Waals surface area (Å²) in [6.07, 6.45) is 3.27. The molecular formula is C24H31N3O3. The van der Waals surface area contributed by atoms with E-state index in [1.807, 2.05) is 30.3 Å². The number of ether oxygens (including phenoxy) is 2. The van der Waals surface area contributed by atoms with Crippen LogP contribution in [0.1, 0.15) is 18.1 Å². The first kappa shape index (κ1) is 21.9. The van der Waals surface area contributed by atoms with Crippen LogP contribution in [0, 0.1) is 0 Å². The summed E-state index contributed by atoms with van der Waals surface area (Å²) < 4.78 is 10.5. The van der Waals surface area contributed by atoms with Gasteiger partial charge in [0.25, 0.3) is 0 Å². The average Bonchev–Trinajstić information content (AvgIpc) is 2.79. The van der Waals surface area contributed by atoms with Gasteiger partial charge in [-0.25, -0.2) is 0 Å². The number of anilines is 1. The lowest BCUT2D eigenvalue weighted by molar-refractivity contribution is -0.111. The molecular weight excluding hydrogens is 378 g/mol. The van der Waals surface area contributed by atoms with Crippen LogP contribution in [0.25, 0.3) is 6.08 Å². The van der Waals surface area contributed by atoms with Gasteiger partial charge in [0.2, 0.25) is 5.91 Å². The third-order valence-electron chi connectivity index (χ3n) is 5.37. The van der Waals surface area contributed by atoms with Gasteiger partial charge >= 0.3 is 0 Å². The van der Waals surface area contributed by atoms with E-state index in [1.54, 1.807) is 20.3 Å². The molecule has 0 bridgehead atoms. The van der Waals surface area contributed by atoms with Crippen molar-refractivity contribution in [2.45, 2.75) is 13.5 Å². The van der Waals surface area contributed by atoms with E-state index in [9.17, 15) is 4.79 Å². The highest BCUT2D eigenvalue weighted by molar-refractivity contribution is 6.01. The van der Waals surface area contributed by atoms with Crippen molar-refractivity contribution in [3.05, 3.63) is 59.7 Å². The fourth-order valence-electron chi connectivity index (χ4n) is 3.53. The second kappa shape index (κ2) is 10.8. The molecule has 0 unspecified atom stereocenters. The molecule has 0 aromatic heterocycles. The van der Waals surface area contributed by atoms with Gasteiger partial charge in [-0.3, -0.25) is 9.69 Å². The van der Waals surface area contributed by atoms with Crippen LogP contribution >= 0.6 is 0 Å². The Hall–Kier alpha value is -2.83. The molecule has 1 heterocycles. The van der Waals surface area contributed by atoms with Crippen LogP contribution in [0.2, 0.25) is 0 Å². The molecule has 1 N–H and O–H groups in total. The number of rotatable bonds is 8. The maximum absolute atomic E-state index is 12.3. The highest BCUT2D eigenvalue weighted by Crippen LogP contribution is 2.28. The first-order valence-electron chi connectivity index (χ1n) is 10.4.